The molecule has 3 aromatic rings. The molecule has 2 heterocycles. The van der Waals surface area contributed by atoms with Crippen LogP contribution in [0.25, 0.3) is 5.65 Å². The summed E-state index contributed by atoms with van der Waals surface area (Å²) in [6, 6.07) is 12.2. The molecule has 0 atom stereocenters. The molecule has 0 radical (unpaired) electrons. The molecule has 0 unspecified atom stereocenters. The lowest BCUT2D eigenvalue weighted by atomic mass is 10.1. The average Bonchev–Trinajstić information content (AvgIpc) is 2.80. The number of benzene rings is 1. The Bertz CT molecular complexity index is 698. The lowest BCUT2D eigenvalue weighted by molar-refractivity contribution is 0.836. The molecule has 3 rings (SSSR count). The van der Waals surface area contributed by atoms with E-state index in [9.17, 15) is 0 Å². The molecular weight excluding hydrogens is 236 g/mol. The molecule has 96 valence electrons. The van der Waals surface area contributed by atoms with Crippen molar-refractivity contribution in [1.82, 2.24) is 14.6 Å². The van der Waals surface area contributed by atoms with Crippen LogP contribution in [0.1, 0.15) is 17.0 Å². The van der Waals surface area contributed by atoms with Crippen LogP contribution in [0.15, 0.2) is 42.6 Å². The van der Waals surface area contributed by atoms with Gasteiger partial charge in [-0.2, -0.15) is 5.10 Å². The molecule has 4 nitrogen and oxygen atoms in total. The summed E-state index contributed by atoms with van der Waals surface area (Å²) in [7, 11) is 0. The van der Waals surface area contributed by atoms with Gasteiger partial charge >= 0.3 is 0 Å². The van der Waals surface area contributed by atoms with E-state index in [2.05, 4.69) is 41.3 Å². The van der Waals surface area contributed by atoms with Gasteiger partial charge in [0.05, 0.1) is 0 Å². The Balaban J connectivity index is 1.76. The van der Waals surface area contributed by atoms with Gasteiger partial charge < -0.3 is 5.73 Å². The second kappa shape index (κ2) is 4.72. The quantitative estimate of drug-likeness (QED) is 0.778. The number of hydrogen-bond acceptors (Lipinski definition) is 3. The molecule has 0 bridgehead atoms. The van der Waals surface area contributed by atoms with Gasteiger partial charge in [0, 0.05) is 24.4 Å². The Labute approximate surface area is 111 Å². The SMILES string of the molecule is Cc1ccc(CCc2nc3cc(N)ccn3n2)cc1. The maximum absolute atomic E-state index is 5.73. The summed E-state index contributed by atoms with van der Waals surface area (Å²) >= 11 is 0. The number of nitrogens with zero attached hydrogens (tertiary/aromatic N) is 3. The summed E-state index contributed by atoms with van der Waals surface area (Å²) in [5.74, 6) is 0.853. The van der Waals surface area contributed by atoms with Gasteiger partial charge in [-0.05, 0) is 25.0 Å². The molecule has 0 fully saturated rings. The van der Waals surface area contributed by atoms with Gasteiger partial charge in [0.2, 0.25) is 0 Å². The second-order valence-corrected chi connectivity index (χ2v) is 4.78. The maximum Gasteiger partial charge on any atom is 0.157 e. The van der Waals surface area contributed by atoms with Crippen LogP contribution in [-0.4, -0.2) is 14.6 Å². The van der Waals surface area contributed by atoms with Crippen molar-refractivity contribution in [3.05, 3.63) is 59.5 Å². The predicted octanol–water partition coefficient (Wildman–Crippen LogP) is 2.41. The zero-order chi connectivity index (χ0) is 13.2. The van der Waals surface area contributed by atoms with Crippen molar-refractivity contribution in [3.8, 4) is 0 Å². The van der Waals surface area contributed by atoms with Gasteiger partial charge in [-0.3, -0.25) is 0 Å². The molecule has 0 aliphatic carbocycles. The number of anilines is 1. The number of nitrogens with two attached hydrogens (primary N) is 1. The fourth-order valence-corrected chi connectivity index (χ4v) is 2.06. The number of rotatable bonds is 3. The lowest BCUT2D eigenvalue weighted by Gasteiger charge is -1.99. The number of nitrogen functional groups attached to an aromatic ring is 1. The van der Waals surface area contributed by atoms with Crippen molar-refractivity contribution in [2.75, 3.05) is 5.73 Å². The molecule has 1 aromatic carbocycles. The van der Waals surface area contributed by atoms with E-state index < -0.39 is 0 Å². The van der Waals surface area contributed by atoms with Crippen LogP contribution in [0.5, 0.6) is 0 Å². The Morgan fingerprint density at radius 3 is 2.68 bits per heavy atom. The molecule has 19 heavy (non-hydrogen) atoms. The van der Waals surface area contributed by atoms with Crippen molar-refractivity contribution in [1.29, 1.82) is 0 Å². The third-order valence-corrected chi connectivity index (χ3v) is 3.16. The van der Waals surface area contributed by atoms with Gasteiger partial charge in [-0.15, -0.1) is 0 Å². The van der Waals surface area contributed by atoms with Gasteiger partial charge in [0.25, 0.3) is 0 Å². The van der Waals surface area contributed by atoms with Crippen molar-refractivity contribution >= 4 is 11.3 Å². The van der Waals surface area contributed by atoms with Crippen LogP contribution in [0.3, 0.4) is 0 Å². The minimum Gasteiger partial charge on any atom is -0.399 e. The highest BCUT2D eigenvalue weighted by atomic mass is 15.3. The summed E-state index contributed by atoms with van der Waals surface area (Å²) in [5, 5.41) is 4.44. The van der Waals surface area contributed by atoms with Gasteiger partial charge in [-0.25, -0.2) is 9.50 Å². The second-order valence-electron chi connectivity index (χ2n) is 4.78. The van der Waals surface area contributed by atoms with Crippen LogP contribution >= 0.6 is 0 Å². The van der Waals surface area contributed by atoms with E-state index in [0.717, 1.165) is 24.3 Å². The van der Waals surface area contributed by atoms with Crippen molar-refractivity contribution in [2.24, 2.45) is 0 Å². The molecular formula is C15H16N4. The van der Waals surface area contributed by atoms with Crippen molar-refractivity contribution < 1.29 is 0 Å². The highest BCUT2D eigenvalue weighted by Gasteiger charge is 2.04. The third kappa shape index (κ3) is 2.57. The molecule has 0 aliphatic heterocycles. The van der Waals surface area contributed by atoms with Gasteiger partial charge in [0.1, 0.15) is 0 Å². The minimum atomic E-state index is 0.713. The van der Waals surface area contributed by atoms with Crippen molar-refractivity contribution in [3.63, 3.8) is 0 Å². The predicted molar refractivity (Wildman–Crippen MR) is 76.0 cm³/mol. The summed E-state index contributed by atoms with van der Waals surface area (Å²) in [5.41, 5.74) is 9.84. The Morgan fingerprint density at radius 2 is 1.89 bits per heavy atom. The first-order chi connectivity index (χ1) is 9.20. The number of aromatic nitrogens is 3. The van der Waals surface area contributed by atoms with Crippen molar-refractivity contribution in [2.45, 2.75) is 19.8 Å². The molecule has 0 aliphatic rings. The van der Waals surface area contributed by atoms with Crippen LogP contribution in [-0.2, 0) is 12.8 Å². The molecule has 0 spiro atoms. The Morgan fingerprint density at radius 1 is 1.11 bits per heavy atom. The zero-order valence-corrected chi connectivity index (χ0v) is 10.9. The van der Waals surface area contributed by atoms with Crippen LogP contribution in [0.2, 0.25) is 0 Å². The molecule has 0 amide bonds. The number of fused-ring (bicyclic) bond motifs is 1. The summed E-state index contributed by atoms with van der Waals surface area (Å²) in [6.45, 7) is 2.10. The highest BCUT2D eigenvalue weighted by Crippen LogP contribution is 2.10. The molecule has 2 aromatic heterocycles. The molecule has 2 N–H and O–H groups in total. The fourth-order valence-electron chi connectivity index (χ4n) is 2.06. The van der Waals surface area contributed by atoms with E-state index in [1.54, 1.807) is 4.52 Å². The van der Waals surface area contributed by atoms with Gasteiger partial charge in [-0.1, -0.05) is 29.8 Å². The highest BCUT2D eigenvalue weighted by molar-refractivity contribution is 5.50. The zero-order valence-electron chi connectivity index (χ0n) is 10.9. The maximum atomic E-state index is 5.73. The monoisotopic (exact) mass is 252 g/mol. The molecule has 0 saturated carbocycles. The minimum absolute atomic E-state index is 0.713. The number of pyridine rings is 1. The first-order valence-electron chi connectivity index (χ1n) is 6.37. The Kier molecular flexibility index (Phi) is 2.91. The van der Waals surface area contributed by atoms with E-state index >= 15 is 0 Å². The summed E-state index contributed by atoms with van der Waals surface area (Å²) < 4.78 is 1.76. The molecule has 0 saturated heterocycles. The van der Waals surface area contributed by atoms with Crippen LogP contribution in [0.4, 0.5) is 5.69 Å². The molecule has 4 heteroatoms. The summed E-state index contributed by atoms with van der Waals surface area (Å²) in [6.07, 6.45) is 3.63. The summed E-state index contributed by atoms with van der Waals surface area (Å²) in [4.78, 5) is 4.48. The normalized spacial score (nSPS) is 11.0. The Hall–Kier alpha value is -2.36. The van der Waals surface area contributed by atoms with Crippen LogP contribution < -0.4 is 5.73 Å². The van der Waals surface area contributed by atoms with E-state index in [4.69, 9.17) is 5.73 Å². The van der Waals surface area contributed by atoms with E-state index in [1.807, 2.05) is 18.3 Å². The number of hydrogen-bond donors (Lipinski definition) is 1. The first-order valence-corrected chi connectivity index (χ1v) is 6.37. The number of aryl methyl sites for hydroxylation is 3. The largest absolute Gasteiger partial charge is 0.399 e. The van der Waals surface area contributed by atoms with Gasteiger partial charge in [0.15, 0.2) is 11.5 Å². The standard InChI is InChI=1S/C15H16N4/c1-11-2-4-12(5-3-11)6-7-14-17-15-10-13(16)8-9-19(15)18-14/h2-5,8-10H,6-7,16H2,1H3. The van der Waals surface area contributed by atoms with E-state index in [1.165, 1.54) is 11.1 Å². The van der Waals surface area contributed by atoms with Crippen LogP contribution in [0, 0.1) is 6.92 Å². The van der Waals surface area contributed by atoms with E-state index in [0.29, 0.717) is 5.69 Å². The van der Waals surface area contributed by atoms with E-state index in [-0.39, 0.29) is 0 Å². The first kappa shape index (κ1) is 11.7. The topological polar surface area (TPSA) is 56.2 Å². The fraction of sp³-hybridized carbons (Fsp3) is 0.200. The third-order valence-electron chi connectivity index (χ3n) is 3.16. The average molecular weight is 252 g/mol. The smallest absolute Gasteiger partial charge is 0.157 e. The lowest BCUT2D eigenvalue weighted by Crippen LogP contribution is -1.94.